The van der Waals surface area contributed by atoms with Crippen LogP contribution < -0.4 is 4.74 Å². The van der Waals surface area contributed by atoms with Crippen molar-refractivity contribution in [2.24, 2.45) is 5.92 Å². The summed E-state index contributed by atoms with van der Waals surface area (Å²) >= 11 is 0. The molecule has 2 aromatic rings. The molecule has 4 rings (SSSR count). The van der Waals surface area contributed by atoms with Gasteiger partial charge in [-0.05, 0) is 70.4 Å². The van der Waals surface area contributed by atoms with Gasteiger partial charge in [-0.15, -0.1) is 0 Å². The largest absolute Gasteiger partial charge is 0.493 e. The quantitative estimate of drug-likeness (QED) is 0.330. The zero-order chi connectivity index (χ0) is 28.6. The number of rotatable bonds is 15. The Hall–Kier alpha value is -2.91. The van der Waals surface area contributed by atoms with Crippen molar-refractivity contribution in [2.45, 2.75) is 70.8 Å². The lowest BCUT2D eigenvalue weighted by molar-refractivity contribution is -0.143. The van der Waals surface area contributed by atoms with E-state index in [9.17, 15) is 14.7 Å². The standard InChI is InChI=1S/C31H46N4O5/c1-5-6-15-34(16-8-7-14-33(3)4)29(36)21-35-20-25(23-9-11-27-24(18-23)13-17-39-27)30(31(37)38)26(35)10-12-28-32-19-22(2)40-28/h9,11,18-19,25-26,30H,5-8,10,12-17,20-21H2,1-4H3,(H,37,38)/t25-,26+,30?/m1/s1. The van der Waals surface area contributed by atoms with E-state index >= 15 is 0 Å². The van der Waals surface area contributed by atoms with Crippen LogP contribution in [0, 0.1) is 12.8 Å². The summed E-state index contributed by atoms with van der Waals surface area (Å²) in [6, 6.07) is 5.78. The number of oxazole rings is 1. The molecular weight excluding hydrogens is 508 g/mol. The monoisotopic (exact) mass is 554 g/mol. The predicted molar refractivity (Wildman–Crippen MR) is 154 cm³/mol. The number of fused-ring (bicyclic) bond motifs is 1. The van der Waals surface area contributed by atoms with Crippen LogP contribution in [0.2, 0.25) is 0 Å². The van der Waals surface area contributed by atoms with Gasteiger partial charge in [0.25, 0.3) is 0 Å². The topological polar surface area (TPSA) is 99.3 Å². The highest BCUT2D eigenvalue weighted by Gasteiger charge is 2.47. The summed E-state index contributed by atoms with van der Waals surface area (Å²) in [5, 5.41) is 10.5. The second kappa shape index (κ2) is 14.1. The molecule has 0 saturated carbocycles. The zero-order valence-electron chi connectivity index (χ0n) is 24.6. The minimum atomic E-state index is -0.822. The van der Waals surface area contributed by atoms with Gasteiger partial charge >= 0.3 is 5.97 Å². The molecule has 1 aromatic carbocycles. The van der Waals surface area contributed by atoms with Crippen molar-refractivity contribution in [1.29, 1.82) is 0 Å². The first-order valence-corrected chi connectivity index (χ1v) is 14.8. The van der Waals surface area contributed by atoms with Gasteiger partial charge in [0.15, 0.2) is 5.89 Å². The lowest BCUT2D eigenvalue weighted by Crippen LogP contribution is -2.45. The van der Waals surface area contributed by atoms with Crippen molar-refractivity contribution in [1.82, 2.24) is 19.7 Å². The molecular formula is C31H46N4O5. The van der Waals surface area contributed by atoms with Gasteiger partial charge in [-0.2, -0.15) is 0 Å². The number of carbonyl (C=O) groups is 2. The molecule has 2 aliphatic heterocycles. The van der Waals surface area contributed by atoms with E-state index < -0.39 is 11.9 Å². The number of aryl methyl sites for hydroxylation is 2. The fourth-order valence-corrected chi connectivity index (χ4v) is 6.13. The maximum atomic E-state index is 13.7. The van der Waals surface area contributed by atoms with Crippen LogP contribution in [0.15, 0.2) is 28.8 Å². The van der Waals surface area contributed by atoms with E-state index in [1.165, 1.54) is 0 Å². The van der Waals surface area contributed by atoms with E-state index in [0.717, 1.165) is 74.4 Å². The first kappa shape index (κ1) is 30.1. The number of unbranched alkanes of at least 4 members (excludes halogenated alkanes) is 2. The van der Waals surface area contributed by atoms with Crippen molar-refractivity contribution in [2.75, 3.05) is 53.4 Å². The minimum Gasteiger partial charge on any atom is -0.493 e. The van der Waals surface area contributed by atoms with E-state index in [1.54, 1.807) is 6.20 Å². The third-order valence-corrected chi connectivity index (χ3v) is 8.25. The normalized spacial score (nSPS) is 20.6. The molecule has 3 heterocycles. The van der Waals surface area contributed by atoms with E-state index in [4.69, 9.17) is 9.15 Å². The average Bonchev–Trinajstić information content (AvgIpc) is 3.64. The first-order valence-electron chi connectivity index (χ1n) is 14.8. The fraction of sp³-hybridized carbons (Fsp3) is 0.645. The summed E-state index contributed by atoms with van der Waals surface area (Å²) in [6.45, 7) is 7.87. The summed E-state index contributed by atoms with van der Waals surface area (Å²) < 4.78 is 11.4. The number of carbonyl (C=O) groups excluding carboxylic acids is 1. The summed E-state index contributed by atoms with van der Waals surface area (Å²) in [5.74, 6) is 0.653. The second-order valence-electron chi connectivity index (χ2n) is 11.6. The molecule has 220 valence electrons. The van der Waals surface area contributed by atoms with Gasteiger partial charge in [0.2, 0.25) is 5.91 Å². The first-order chi connectivity index (χ1) is 19.3. The molecule has 3 atom stereocenters. The molecule has 0 bridgehead atoms. The van der Waals surface area contributed by atoms with Crippen LogP contribution in [0.4, 0.5) is 0 Å². The molecule has 1 N–H and O–H groups in total. The van der Waals surface area contributed by atoms with Gasteiger partial charge in [-0.25, -0.2) is 4.98 Å². The number of ether oxygens (including phenoxy) is 1. The number of hydrogen-bond donors (Lipinski definition) is 1. The Morgan fingerprint density at radius 1 is 1.15 bits per heavy atom. The number of hydrogen-bond acceptors (Lipinski definition) is 7. The number of carboxylic acids is 1. The Morgan fingerprint density at radius 2 is 1.93 bits per heavy atom. The average molecular weight is 555 g/mol. The number of benzene rings is 1. The molecule has 0 aliphatic carbocycles. The van der Waals surface area contributed by atoms with Gasteiger partial charge < -0.3 is 24.1 Å². The van der Waals surface area contributed by atoms with Crippen molar-refractivity contribution in [3.05, 3.63) is 47.2 Å². The second-order valence-corrected chi connectivity index (χ2v) is 11.6. The molecule has 9 heteroatoms. The number of carboxylic acid groups (broad SMARTS) is 1. The maximum Gasteiger partial charge on any atom is 0.308 e. The van der Waals surface area contributed by atoms with Crippen molar-refractivity contribution in [3.8, 4) is 5.75 Å². The highest BCUT2D eigenvalue weighted by molar-refractivity contribution is 5.79. The smallest absolute Gasteiger partial charge is 0.308 e. The molecule has 1 unspecified atom stereocenters. The van der Waals surface area contributed by atoms with Crippen LogP contribution in [0.25, 0.3) is 0 Å². The Kier molecular flexibility index (Phi) is 10.6. The Bertz CT molecular complexity index is 1130. The van der Waals surface area contributed by atoms with Crippen LogP contribution in [0.1, 0.15) is 67.7 Å². The third-order valence-electron chi connectivity index (χ3n) is 8.25. The van der Waals surface area contributed by atoms with Crippen LogP contribution in [0.3, 0.4) is 0 Å². The number of aromatic nitrogens is 1. The van der Waals surface area contributed by atoms with Gasteiger partial charge in [-0.3, -0.25) is 14.5 Å². The zero-order valence-corrected chi connectivity index (χ0v) is 24.6. The van der Waals surface area contributed by atoms with Crippen molar-refractivity contribution >= 4 is 11.9 Å². The Morgan fingerprint density at radius 3 is 2.62 bits per heavy atom. The highest BCUT2D eigenvalue weighted by atomic mass is 16.5. The molecule has 1 saturated heterocycles. The van der Waals surface area contributed by atoms with Crippen LogP contribution in [0.5, 0.6) is 5.75 Å². The van der Waals surface area contributed by atoms with Gasteiger partial charge in [0.05, 0.1) is 25.3 Å². The summed E-state index contributed by atoms with van der Waals surface area (Å²) in [6.07, 6.45) is 7.60. The Labute approximate surface area is 238 Å². The molecule has 0 radical (unpaired) electrons. The van der Waals surface area contributed by atoms with E-state index in [-0.39, 0.29) is 24.4 Å². The number of amides is 1. The predicted octanol–water partition coefficient (Wildman–Crippen LogP) is 3.99. The summed E-state index contributed by atoms with van der Waals surface area (Å²) in [4.78, 5) is 37.1. The number of likely N-dealkylation sites (tertiary alicyclic amines) is 1. The van der Waals surface area contributed by atoms with Crippen molar-refractivity contribution < 1.29 is 23.8 Å². The third kappa shape index (κ3) is 7.63. The minimum absolute atomic E-state index is 0.0856. The molecule has 0 spiro atoms. The Balaban J connectivity index is 1.54. The SMILES string of the molecule is CCCCN(CCCCN(C)C)C(=O)CN1C[C@H](c2ccc3c(c2)CCO3)C(C(=O)O)[C@@H]1CCc1ncc(C)o1. The maximum absolute atomic E-state index is 13.7. The molecule has 9 nitrogen and oxygen atoms in total. The number of aliphatic carboxylic acids is 1. The molecule has 1 amide bonds. The lowest BCUT2D eigenvalue weighted by atomic mass is 9.83. The van der Waals surface area contributed by atoms with Crippen LogP contribution >= 0.6 is 0 Å². The summed E-state index contributed by atoms with van der Waals surface area (Å²) in [7, 11) is 4.13. The van der Waals surface area contributed by atoms with Gasteiger partial charge in [-0.1, -0.05) is 25.5 Å². The van der Waals surface area contributed by atoms with Gasteiger partial charge in [0, 0.05) is 44.4 Å². The molecule has 40 heavy (non-hydrogen) atoms. The van der Waals surface area contributed by atoms with Crippen molar-refractivity contribution in [3.63, 3.8) is 0 Å². The lowest BCUT2D eigenvalue weighted by Gasteiger charge is -2.29. The van der Waals surface area contributed by atoms with E-state index in [1.807, 2.05) is 24.0 Å². The van der Waals surface area contributed by atoms with Crippen LogP contribution in [-0.4, -0.2) is 96.1 Å². The van der Waals surface area contributed by atoms with E-state index in [0.29, 0.717) is 31.9 Å². The molecule has 1 fully saturated rings. The number of nitrogens with zero attached hydrogens (tertiary/aromatic N) is 4. The van der Waals surface area contributed by atoms with Gasteiger partial charge in [0.1, 0.15) is 11.5 Å². The van der Waals surface area contributed by atoms with E-state index in [2.05, 4.69) is 41.9 Å². The highest BCUT2D eigenvalue weighted by Crippen LogP contribution is 2.41. The summed E-state index contributed by atoms with van der Waals surface area (Å²) in [5.41, 5.74) is 2.14. The molecule has 1 aromatic heterocycles. The fourth-order valence-electron chi connectivity index (χ4n) is 6.13. The van der Waals surface area contributed by atoms with Crippen LogP contribution in [-0.2, 0) is 22.4 Å². The molecule has 2 aliphatic rings.